The van der Waals surface area contributed by atoms with Gasteiger partial charge in [-0.15, -0.1) is 11.6 Å². The summed E-state index contributed by atoms with van der Waals surface area (Å²) in [6.07, 6.45) is 3.67. The normalized spacial score (nSPS) is 15.3. The SMILES string of the molecule is Cc1cc(Cl)ccc1C(Cl)c1ccc2c(c1)CCC2. The van der Waals surface area contributed by atoms with E-state index in [2.05, 4.69) is 25.1 Å². The molecule has 0 nitrogen and oxygen atoms in total. The average Bonchev–Trinajstić information content (AvgIpc) is 2.85. The molecular weight excluding hydrogens is 275 g/mol. The molecule has 0 saturated carbocycles. The van der Waals surface area contributed by atoms with Gasteiger partial charge in [-0.05, 0) is 66.1 Å². The first-order valence-electron chi connectivity index (χ1n) is 6.67. The van der Waals surface area contributed by atoms with Gasteiger partial charge in [-0.1, -0.05) is 35.9 Å². The molecule has 0 heterocycles. The highest BCUT2D eigenvalue weighted by Gasteiger charge is 2.17. The van der Waals surface area contributed by atoms with E-state index in [9.17, 15) is 0 Å². The van der Waals surface area contributed by atoms with Crippen LogP contribution in [0.1, 0.15) is 39.6 Å². The molecule has 2 aromatic rings. The van der Waals surface area contributed by atoms with Crippen LogP contribution in [0.2, 0.25) is 5.02 Å². The first kappa shape index (κ1) is 13.0. The molecule has 2 heteroatoms. The molecule has 1 unspecified atom stereocenters. The highest BCUT2D eigenvalue weighted by molar-refractivity contribution is 6.30. The second-order valence-electron chi connectivity index (χ2n) is 5.25. The van der Waals surface area contributed by atoms with Gasteiger partial charge in [0.25, 0.3) is 0 Å². The predicted octanol–water partition coefficient (Wildman–Crippen LogP) is 5.47. The van der Waals surface area contributed by atoms with Crippen molar-refractivity contribution in [3.05, 3.63) is 69.2 Å². The Morgan fingerprint density at radius 3 is 2.58 bits per heavy atom. The van der Waals surface area contributed by atoms with Crippen LogP contribution in [0.25, 0.3) is 0 Å². The van der Waals surface area contributed by atoms with Crippen molar-refractivity contribution in [3.8, 4) is 0 Å². The molecule has 0 fully saturated rings. The monoisotopic (exact) mass is 290 g/mol. The van der Waals surface area contributed by atoms with E-state index in [-0.39, 0.29) is 5.38 Å². The summed E-state index contributed by atoms with van der Waals surface area (Å²) in [5, 5.41) is 0.669. The standard InChI is InChI=1S/C17H16Cl2/c1-11-9-15(18)7-8-16(11)17(19)14-6-5-12-3-2-4-13(12)10-14/h5-10,17H,2-4H2,1H3. The van der Waals surface area contributed by atoms with Crippen LogP contribution in [0.4, 0.5) is 0 Å². The van der Waals surface area contributed by atoms with Gasteiger partial charge < -0.3 is 0 Å². The van der Waals surface area contributed by atoms with Gasteiger partial charge in [0.2, 0.25) is 0 Å². The number of hydrogen-bond acceptors (Lipinski definition) is 0. The lowest BCUT2D eigenvalue weighted by atomic mass is 9.97. The molecule has 0 radical (unpaired) electrons. The quantitative estimate of drug-likeness (QED) is 0.644. The third-order valence-corrected chi connectivity index (χ3v) is 4.64. The molecule has 1 aliphatic rings. The van der Waals surface area contributed by atoms with E-state index in [4.69, 9.17) is 23.2 Å². The van der Waals surface area contributed by atoms with Gasteiger partial charge in [0.15, 0.2) is 0 Å². The van der Waals surface area contributed by atoms with Crippen molar-refractivity contribution in [3.63, 3.8) is 0 Å². The molecule has 0 aliphatic heterocycles. The van der Waals surface area contributed by atoms with E-state index >= 15 is 0 Å². The van der Waals surface area contributed by atoms with Gasteiger partial charge in [0, 0.05) is 5.02 Å². The minimum atomic E-state index is -0.0943. The molecule has 1 aliphatic carbocycles. The third-order valence-electron chi connectivity index (χ3n) is 3.92. The Labute approximate surface area is 124 Å². The summed E-state index contributed by atoms with van der Waals surface area (Å²) in [5.74, 6) is 0. The predicted molar refractivity (Wildman–Crippen MR) is 82.4 cm³/mol. The Morgan fingerprint density at radius 2 is 1.79 bits per heavy atom. The number of halogens is 2. The largest absolute Gasteiger partial charge is 0.113 e. The minimum Gasteiger partial charge on any atom is -0.113 e. The summed E-state index contributed by atoms with van der Waals surface area (Å²) in [7, 11) is 0. The van der Waals surface area contributed by atoms with Crippen LogP contribution in [-0.2, 0) is 12.8 Å². The zero-order chi connectivity index (χ0) is 13.4. The molecule has 0 saturated heterocycles. The van der Waals surface area contributed by atoms with Gasteiger partial charge in [0.1, 0.15) is 0 Å². The zero-order valence-corrected chi connectivity index (χ0v) is 12.4. The van der Waals surface area contributed by atoms with E-state index in [0.29, 0.717) is 0 Å². The Kier molecular flexibility index (Phi) is 3.56. The van der Waals surface area contributed by atoms with Crippen LogP contribution in [0.5, 0.6) is 0 Å². The van der Waals surface area contributed by atoms with Gasteiger partial charge >= 0.3 is 0 Å². The zero-order valence-electron chi connectivity index (χ0n) is 10.9. The van der Waals surface area contributed by atoms with Crippen molar-refractivity contribution in [2.45, 2.75) is 31.6 Å². The molecule has 0 aromatic heterocycles. The smallest absolute Gasteiger partial charge is 0.0838 e. The second-order valence-corrected chi connectivity index (χ2v) is 6.12. The summed E-state index contributed by atoms with van der Waals surface area (Å²) < 4.78 is 0. The molecule has 1 atom stereocenters. The Balaban J connectivity index is 1.97. The first-order valence-corrected chi connectivity index (χ1v) is 7.48. The molecule has 0 amide bonds. The number of aryl methyl sites for hydroxylation is 3. The van der Waals surface area contributed by atoms with Crippen LogP contribution in [0, 0.1) is 6.92 Å². The fraction of sp³-hybridized carbons (Fsp3) is 0.294. The lowest BCUT2D eigenvalue weighted by Crippen LogP contribution is -1.97. The number of alkyl halides is 1. The molecular formula is C17H16Cl2. The second kappa shape index (κ2) is 5.19. The average molecular weight is 291 g/mol. The molecule has 98 valence electrons. The lowest BCUT2D eigenvalue weighted by molar-refractivity contribution is 0.911. The van der Waals surface area contributed by atoms with Gasteiger partial charge in [0.05, 0.1) is 5.38 Å². The van der Waals surface area contributed by atoms with Crippen molar-refractivity contribution in [1.29, 1.82) is 0 Å². The van der Waals surface area contributed by atoms with Gasteiger partial charge in [-0.3, -0.25) is 0 Å². The highest BCUT2D eigenvalue weighted by Crippen LogP contribution is 2.34. The molecule has 0 spiro atoms. The molecule has 0 bridgehead atoms. The molecule has 2 aromatic carbocycles. The van der Waals surface area contributed by atoms with Crippen LogP contribution in [0.15, 0.2) is 36.4 Å². The number of benzene rings is 2. The Hall–Kier alpha value is -0.980. The van der Waals surface area contributed by atoms with E-state index < -0.39 is 0 Å². The van der Waals surface area contributed by atoms with Crippen molar-refractivity contribution in [2.75, 3.05) is 0 Å². The topological polar surface area (TPSA) is 0 Å². The molecule has 3 rings (SSSR count). The Morgan fingerprint density at radius 1 is 1.00 bits per heavy atom. The van der Waals surface area contributed by atoms with Crippen LogP contribution >= 0.6 is 23.2 Å². The van der Waals surface area contributed by atoms with Crippen molar-refractivity contribution >= 4 is 23.2 Å². The summed E-state index contributed by atoms with van der Waals surface area (Å²) in [4.78, 5) is 0. The minimum absolute atomic E-state index is 0.0943. The van der Waals surface area contributed by atoms with E-state index in [1.807, 2.05) is 18.2 Å². The van der Waals surface area contributed by atoms with Crippen molar-refractivity contribution in [1.82, 2.24) is 0 Å². The number of rotatable bonds is 2. The molecule has 0 N–H and O–H groups in total. The summed E-state index contributed by atoms with van der Waals surface area (Å²) in [5.41, 5.74) is 6.43. The molecule has 19 heavy (non-hydrogen) atoms. The lowest BCUT2D eigenvalue weighted by Gasteiger charge is -2.15. The van der Waals surface area contributed by atoms with Crippen LogP contribution in [0.3, 0.4) is 0 Å². The number of fused-ring (bicyclic) bond motifs is 1. The maximum absolute atomic E-state index is 6.65. The highest BCUT2D eigenvalue weighted by atomic mass is 35.5. The third kappa shape index (κ3) is 2.52. The van der Waals surface area contributed by atoms with Gasteiger partial charge in [-0.2, -0.15) is 0 Å². The van der Waals surface area contributed by atoms with Crippen LogP contribution in [-0.4, -0.2) is 0 Å². The van der Waals surface area contributed by atoms with Gasteiger partial charge in [-0.25, -0.2) is 0 Å². The fourth-order valence-electron chi connectivity index (χ4n) is 2.85. The maximum atomic E-state index is 6.65. The number of hydrogen-bond donors (Lipinski definition) is 0. The van der Waals surface area contributed by atoms with E-state index in [1.54, 1.807) is 0 Å². The summed E-state index contributed by atoms with van der Waals surface area (Å²) in [6.45, 7) is 2.06. The summed E-state index contributed by atoms with van der Waals surface area (Å²) in [6, 6.07) is 12.6. The summed E-state index contributed by atoms with van der Waals surface area (Å²) >= 11 is 12.6. The van der Waals surface area contributed by atoms with E-state index in [1.165, 1.54) is 36.0 Å². The maximum Gasteiger partial charge on any atom is 0.0838 e. The fourth-order valence-corrected chi connectivity index (χ4v) is 3.46. The first-order chi connectivity index (χ1) is 9.15. The van der Waals surface area contributed by atoms with Crippen LogP contribution < -0.4 is 0 Å². The Bertz CT molecular complexity index is 617. The van der Waals surface area contributed by atoms with Crippen molar-refractivity contribution < 1.29 is 0 Å². The van der Waals surface area contributed by atoms with E-state index in [0.717, 1.165) is 16.1 Å². The van der Waals surface area contributed by atoms with Crippen molar-refractivity contribution in [2.24, 2.45) is 0 Å².